The van der Waals surface area contributed by atoms with Gasteiger partial charge in [0.2, 0.25) is 17.7 Å². The zero-order chi connectivity index (χ0) is 29.1. The highest BCUT2D eigenvalue weighted by Gasteiger charge is 2.42. The zero-order valence-corrected chi connectivity index (χ0v) is 24.5. The van der Waals surface area contributed by atoms with E-state index in [1.54, 1.807) is 39.8 Å². The van der Waals surface area contributed by atoms with Crippen LogP contribution >= 0.6 is 0 Å². The number of nitrogens with one attached hydrogen (secondary N) is 2. The van der Waals surface area contributed by atoms with Gasteiger partial charge in [-0.2, -0.15) is 0 Å². The number of benzene rings is 1. The molecule has 4 atom stereocenters. The molecule has 9 nitrogen and oxygen atoms in total. The molecular formula is C30H44N4O5. The van der Waals surface area contributed by atoms with E-state index in [-0.39, 0.29) is 24.4 Å². The highest BCUT2D eigenvalue weighted by atomic mass is 16.6. The Morgan fingerprint density at radius 3 is 2.38 bits per heavy atom. The van der Waals surface area contributed by atoms with Gasteiger partial charge in [-0.3, -0.25) is 19.3 Å². The summed E-state index contributed by atoms with van der Waals surface area (Å²) >= 11 is 0. The number of fused-ring (bicyclic) bond motifs is 1. The van der Waals surface area contributed by atoms with Crippen molar-refractivity contribution in [3.63, 3.8) is 0 Å². The van der Waals surface area contributed by atoms with Crippen LogP contribution in [0.2, 0.25) is 0 Å². The number of hydrogen-bond acceptors (Lipinski definition) is 5. The molecule has 4 amide bonds. The minimum Gasteiger partial charge on any atom is -0.444 e. The molecule has 3 rings (SSSR count). The molecule has 1 aromatic rings. The van der Waals surface area contributed by atoms with E-state index >= 15 is 0 Å². The van der Waals surface area contributed by atoms with E-state index in [2.05, 4.69) is 16.7 Å². The van der Waals surface area contributed by atoms with Crippen LogP contribution in [0.1, 0.15) is 78.5 Å². The summed E-state index contributed by atoms with van der Waals surface area (Å²) in [5.74, 6) is -1.07. The fraction of sp³-hybridized carbons (Fsp3) is 0.600. The molecule has 1 unspecified atom stereocenters. The summed E-state index contributed by atoms with van der Waals surface area (Å²) in [6, 6.07) is 5.48. The molecule has 1 aromatic carbocycles. The Kier molecular flexibility index (Phi) is 9.13. The predicted octanol–water partition coefficient (Wildman–Crippen LogP) is 3.73. The summed E-state index contributed by atoms with van der Waals surface area (Å²) in [4.78, 5) is 55.6. The van der Waals surface area contributed by atoms with E-state index in [0.717, 1.165) is 24.8 Å². The first-order valence-corrected chi connectivity index (χ1v) is 13.7. The lowest BCUT2D eigenvalue weighted by molar-refractivity contribution is -0.144. The number of aryl methyl sites for hydroxylation is 1. The molecule has 1 aliphatic heterocycles. The molecule has 0 fully saturated rings. The highest BCUT2D eigenvalue weighted by molar-refractivity contribution is 5.95. The molecular weight excluding hydrogens is 496 g/mol. The molecule has 2 aliphatic rings. The third kappa shape index (κ3) is 7.40. The average Bonchev–Trinajstić information content (AvgIpc) is 3.34. The topological polar surface area (TPSA) is 108 Å². The molecule has 2 N–H and O–H groups in total. The Morgan fingerprint density at radius 2 is 1.74 bits per heavy atom. The molecule has 39 heavy (non-hydrogen) atoms. The number of carbonyl (C=O) groups excluding carboxylic acids is 4. The van der Waals surface area contributed by atoms with Crippen molar-refractivity contribution in [2.75, 3.05) is 13.6 Å². The standard InChI is InChI=1S/C30H44N4O5/c1-19(33(8)28(38)39-30(5,6)7)25(35)32-24(29(2,3)4)27(37)34-18-12-17-23(34)26(36)31-22-16-11-14-20-13-9-10-15-21(20)22/h9-10,12-13,15,17,19,22-24H,11,14,16,18H2,1-8H3,(H,31,36)(H,32,35)/t19-,22+,23-,24?/m0/s1. The van der Waals surface area contributed by atoms with Gasteiger partial charge < -0.3 is 20.3 Å². The van der Waals surface area contributed by atoms with Gasteiger partial charge in [0.05, 0.1) is 6.04 Å². The van der Waals surface area contributed by atoms with Gasteiger partial charge >= 0.3 is 6.09 Å². The second kappa shape index (κ2) is 11.8. The average molecular weight is 541 g/mol. The summed E-state index contributed by atoms with van der Waals surface area (Å²) in [5, 5.41) is 6.00. The summed E-state index contributed by atoms with van der Waals surface area (Å²) in [6.07, 6.45) is 5.73. The SMILES string of the molecule is C[C@@H](C(=O)NC(C(=O)N1CC=C[C@H]1C(=O)N[C@@H]1CCCc2ccccc21)C(C)(C)C)N(C)C(=O)OC(C)(C)C. The minimum atomic E-state index is -0.912. The van der Waals surface area contributed by atoms with Crippen LogP contribution in [0.5, 0.6) is 0 Å². The Hall–Kier alpha value is -3.36. The lowest BCUT2D eigenvalue weighted by atomic mass is 9.85. The number of likely N-dealkylation sites (N-methyl/N-ethyl adjacent to an activating group) is 1. The third-order valence-electron chi connectivity index (χ3n) is 7.24. The largest absolute Gasteiger partial charge is 0.444 e. The van der Waals surface area contributed by atoms with Crippen LogP contribution < -0.4 is 10.6 Å². The molecule has 0 saturated heterocycles. The normalized spacial score (nSPS) is 20.5. The molecule has 214 valence electrons. The first-order chi connectivity index (χ1) is 18.1. The summed E-state index contributed by atoms with van der Waals surface area (Å²) < 4.78 is 5.38. The summed E-state index contributed by atoms with van der Waals surface area (Å²) in [6.45, 7) is 12.7. The summed E-state index contributed by atoms with van der Waals surface area (Å²) in [5.41, 5.74) is 1.01. The lowest BCUT2D eigenvalue weighted by Gasteiger charge is -2.37. The smallest absolute Gasteiger partial charge is 0.410 e. The van der Waals surface area contributed by atoms with Gasteiger partial charge in [0.25, 0.3) is 0 Å². The maximum atomic E-state index is 13.8. The van der Waals surface area contributed by atoms with Gasteiger partial charge in [-0.15, -0.1) is 0 Å². The first-order valence-electron chi connectivity index (χ1n) is 13.7. The van der Waals surface area contributed by atoms with Crippen molar-refractivity contribution in [2.24, 2.45) is 5.41 Å². The zero-order valence-electron chi connectivity index (χ0n) is 24.5. The van der Waals surface area contributed by atoms with Gasteiger partial charge in [0.15, 0.2) is 0 Å². The summed E-state index contributed by atoms with van der Waals surface area (Å²) in [7, 11) is 1.49. The van der Waals surface area contributed by atoms with Crippen LogP contribution in [-0.4, -0.2) is 70.9 Å². The van der Waals surface area contributed by atoms with Gasteiger partial charge in [-0.1, -0.05) is 57.2 Å². The number of carbonyl (C=O) groups is 4. The number of ether oxygens (including phenoxy) is 1. The molecule has 0 saturated carbocycles. The van der Waals surface area contributed by atoms with Crippen LogP contribution in [0, 0.1) is 5.41 Å². The van der Waals surface area contributed by atoms with E-state index in [1.165, 1.54) is 22.4 Å². The van der Waals surface area contributed by atoms with Crippen molar-refractivity contribution in [2.45, 2.75) is 97.5 Å². The fourth-order valence-electron chi connectivity index (χ4n) is 4.88. The molecule has 1 aliphatic carbocycles. The van der Waals surface area contributed by atoms with Gasteiger partial charge in [0.1, 0.15) is 23.7 Å². The van der Waals surface area contributed by atoms with E-state index in [1.807, 2.05) is 39.0 Å². The lowest BCUT2D eigenvalue weighted by Crippen LogP contribution is -2.60. The van der Waals surface area contributed by atoms with Gasteiger partial charge in [-0.05, 0) is 63.5 Å². The van der Waals surface area contributed by atoms with Crippen molar-refractivity contribution < 1.29 is 23.9 Å². The Balaban J connectivity index is 1.72. The van der Waals surface area contributed by atoms with E-state index in [9.17, 15) is 19.2 Å². The second-order valence-electron chi connectivity index (χ2n) is 12.6. The van der Waals surface area contributed by atoms with Crippen molar-refractivity contribution in [3.8, 4) is 0 Å². The fourth-order valence-corrected chi connectivity index (χ4v) is 4.88. The maximum absolute atomic E-state index is 13.8. The highest BCUT2D eigenvalue weighted by Crippen LogP contribution is 2.30. The minimum absolute atomic E-state index is 0.101. The predicted molar refractivity (Wildman–Crippen MR) is 150 cm³/mol. The van der Waals surface area contributed by atoms with Crippen LogP contribution in [0.4, 0.5) is 4.79 Å². The Labute approximate surface area is 232 Å². The van der Waals surface area contributed by atoms with E-state index in [0.29, 0.717) is 0 Å². The molecule has 1 heterocycles. The maximum Gasteiger partial charge on any atom is 0.410 e. The molecule has 9 heteroatoms. The first kappa shape index (κ1) is 30.2. The van der Waals surface area contributed by atoms with Gasteiger partial charge in [0, 0.05) is 13.6 Å². The van der Waals surface area contributed by atoms with Crippen molar-refractivity contribution in [3.05, 3.63) is 47.5 Å². The number of nitrogens with zero attached hydrogens (tertiary/aromatic N) is 2. The Morgan fingerprint density at radius 1 is 1.08 bits per heavy atom. The number of rotatable bonds is 6. The van der Waals surface area contributed by atoms with E-state index < -0.39 is 41.1 Å². The monoisotopic (exact) mass is 540 g/mol. The van der Waals surface area contributed by atoms with Crippen LogP contribution in [0.3, 0.4) is 0 Å². The van der Waals surface area contributed by atoms with E-state index in [4.69, 9.17) is 4.74 Å². The molecule has 0 spiro atoms. The molecule has 0 radical (unpaired) electrons. The number of amides is 4. The number of hydrogen-bond donors (Lipinski definition) is 2. The van der Waals surface area contributed by atoms with Crippen LogP contribution in [0.15, 0.2) is 36.4 Å². The molecule has 0 aromatic heterocycles. The molecule has 0 bridgehead atoms. The van der Waals surface area contributed by atoms with Crippen LogP contribution in [0.25, 0.3) is 0 Å². The van der Waals surface area contributed by atoms with Crippen molar-refractivity contribution in [1.29, 1.82) is 0 Å². The second-order valence-corrected chi connectivity index (χ2v) is 12.6. The van der Waals surface area contributed by atoms with Crippen LogP contribution in [-0.2, 0) is 25.5 Å². The third-order valence-corrected chi connectivity index (χ3v) is 7.24. The quantitative estimate of drug-likeness (QED) is 0.535. The van der Waals surface area contributed by atoms with Crippen molar-refractivity contribution >= 4 is 23.8 Å². The Bertz CT molecular complexity index is 1120. The van der Waals surface area contributed by atoms with Gasteiger partial charge in [-0.25, -0.2) is 4.79 Å². The van der Waals surface area contributed by atoms with Crippen molar-refractivity contribution in [1.82, 2.24) is 20.4 Å².